The molecule has 19 heavy (non-hydrogen) atoms. The minimum atomic E-state index is 0. The molecule has 0 bridgehead atoms. The normalized spacial score (nSPS) is 10.2. The van der Waals surface area contributed by atoms with Gasteiger partial charge in [0.25, 0.3) is 0 Å². The molecule has 0 saturated carbocycles. The fourth-order valence-corrected chi connectivity index (χ4v) is 2.23. The molecule has 0 atom stereocenters. The minimum absolute atomic E-state index is 0. The third-order valence-electron chi connectivity index (χ3n) is 3.24. The Morgan fingerprint density at radius 3 is 2.47 bits per heavy atom. The van der Waals surface area contributed by atoms with Crippen LogP contribution in [0.5, 0.6) is 0 Å². The smallest absolute Gasteiger partial charge is 0.0699 e. The summed E-state index contributed by atoms with van der Waals surface area (Å²) in [5, 5.41) is 1.21. The van der Waals surface area contributed by atoms with Crippen LogP contribution in [0.15, 0.2) is 54.6 Å². The number of benzene rings is 2. The first-order valence-corrected chi connectivity index (χ1v) is 6.03. The second-order valence-electron chi connectivity index (χ2n) is 4.50. The second-order valence-corrected chi connectivity index (χ2v) is 4.50. The maximum absolute atomic E-state index is 4.73. The zero-order valence-electron chi connectivity index (χ0n) is 10.7. The molecule has 0 saturated heterocycles. The number of nitrogens with zero attached hydrogens (tertiary/aromatic N) is 1. The summed E-state index contributed by atoms with van der Waals surface area (Å²) < 4.78 is 0. The fraction of sp³-hybridized carbons (Fsp3) is 0.0588. The van der Waals surface area contributed by atoms with Crippen molar-refractivity contribution in [2.45, 2.75) is 6.92 Å². The average Bonchev–Trinajstić information content (AvgIpc) is 2.39. The second kappa shape index (κ2) is 5.56. The van der Waals surface area contributed by atoms with Crippen LogP contribution in [0.3, 0.4) is 0 Å². The predicted octanol–water partition coefficient (Wildman–Crippen LogP) is 4.39. The zero-order chi connectivity index (χ0) is 12.5. The summed E-state index contributed by atoms with van der Waals surface area (Å²) >= 11 is 0. The number of aryl methyl sites for hydroxylation is 1. The van der Waals surface area contributed by atoms with E-state index in [0.29, 0.717) is 0 Å². The molecule has 0 spiro atoms. The van der Waals surface area contributed by atoms with Gasteiger partial charge in [-0.15, -0.1) is 17.7 Å². The van der Waals surface area contributed by atoms with E-state index in [4.69, 9.17) is 4.98 Å². The summed E-state index contributed by atoms with van der Waals surface area (Å²) in [4.78, 5) is 4.73. The number of fused-ring (bicyclic) bond motifs is 1. The summed E-state index contributed by atoms with van der Waals surface area (Å²) in [6.45, 7) is 6.16. The van der Waals surface area contributed by atoms with Crippen molar-refractivity contribution in [3.63, 3.8) is 0 Å². The van der Waals surface area contributed by atoms with Crippen LogP contribution < -0.4 is 0 Å². The van der Waals surface area contributed by atoms with Crippen molar-refractivity contribution in [3.8, 4) is 11.3 Å². The van der Waals surface area contributed by atoms with Crippen LogP contribution in [-0.4, -0.2) is 4.98 Å². The monoisotopic (exact) mass is 425 g/mol. The van der Waals surface area contributed by atoms with Gasteiger partial charge in [-0.2, -0.15) is 18.6 Å². The van der Waals surface area contributed by atoms with Gasteiger partial charge in [0.1, 0.15) is 0 Å². The molecule has 1 radical (unpaired) electrons. The largest absolute Gasteiger partial charge is 0.261 e. The van der Waals surface area contributed by atoms with Crippen molar-refractivity contribution in [3.05, 3.63) is 72.6 Å². The van der Waals surface area contributed by atoms with Gasteiger partial charge in [0.05, 0.1) is 5.52 Å². The first-order chi connectivity index (χ1) is 8.75. The maximum atomic E-state index is 4.73. The SMILES string of the molecule is [CH2-]c1ccccc1-c1ccc2c(C)cccc2n1.[Ir]. The Balaban J connectivity index is 0.00000133. The summed E-state index contributed by atoms with van der Waals surface area (Å²) in [5.41, 5.74) is 5.39. The molecule has 0 aliphatic heterocycles. The van der Waals surface area contributed by atoms with Crippen LogP contribution in [0.4, 0.5) is 0 Å². The Labute approximate surface area is 127 Å². The van der Waals surface area contributed by atoms with E-state index in [-0.39, 0.29) is 20.1 Å². The molecule has 1 nitrogen and oxygen atoms in total. The molecule has 3 aromatic rings. The van der Waals surface area contributed by atoms with Crippen molar-refractivity contribution >= 4 is 10.9 Å². The summed E-state index contributed by atoms with van der Waals surface area (Å²) in [7, 11) is 0. The van der Waals surface area contributed by atoms with Gasteiger partial charge in [0.15, 0.2) is 0 Å². The topological polar surface area (TPSA) is 12.9 Å². The maximum Gasteiger partial charge on any atom is 0.0699 e. The van der Waals surface area contributed by atoms with Crippen LogP contribution in [0.25, 0.3) is 22.2 Å². The number of pyridine rings is 1. The number of rotatable bonds is 1. The van der Waals surface area contributed by atoms with Crippen molar-refractivity contribution in [1.29, 1.82) is 0 Å². The van der Waals surface area contributed by atoms with Crippen LogP contribution in [-0.2, 0) is 20.1 Å². The molecule has 3 rings (SSSR count). The molecule has 0 aliphatic carbocycles. The van der Waals surface area contributed by atoms with Crippen molar-refractivity contribution in [1.82, 2.24) is 4.98 Å². The quantitative estimate of drug-likeness (QED) is 0.528. The molecule has 0 amide bonds. The molecule has 0 aliphatic rings. The molecule has 0 unspecified atom stereocenters. The summed E-state index contributed by atoms with van der Waals surface area (Å²) in [5.74, 6) is 0. The van der Waals surface area contributed by atoms with Gasteiger partial charge in [0.2, 0.25) is 0 Å². The van der Waals surface area contributed by atoms with Gasteiger partial charge in [-0.05, 0) is 24.6 Å². The first kappa shape index (κ1) is 13.8. The van der Waals surface area contributed by atoms with Crippen LogP contribution in [0.1, 0.15) is 11.1 Å². The first-order valence-electron chi connectivity index (χ1n) is 6.03. The minimum Gasteiger partial charge on any atom is -0.261 e. The average molecular weight is 425 g/mol. The van der Waals surface area contributed by atoms with Gasteiger partial charge in [0, 0.05) is 31.2 Å². The molecule has 0 fully saturated rings. The van der Waals surface area contributed by atoms with E-state index in [0.717, 1.165) is 22.3 Å². The van der Waals surface area contributed by atoms with Gasteiger partial charge >= 0.3 is 0 Å². The van der Waals surface area contributed by atoms with Crippen LogP contribution in [0.2, 0.25) is 0 Å². The van der Waals surface area contributed by atoms with Crippen LogP contribution >= 0.6 is 0 Å². The summed E-state index contributed by atoms with van der Waals surface area (Å²) in [6, 6.07) is 18.5. The van der Waals surface area contributed by atoms with E-state index >= 15 is 0 Å². The number of aromatic nitrogens is 1. The molecular weight excluding hydrogens is 410 g/mol. The van der Waals surface area contributed by atoms with E-state index in [2.05, 4.69) is 44.2 Å². The van der Waals surface area contributed by atoms with E-state index in [9.17, 15) is 0 Å². The number of hydrogen-bond acceptors (Lipinski definition) is 1. The predicted molar refractivity (Wildman–Crippen MR) is 76.4 cm³/mol. The molecule has 0 N–H and O–H groups in total. The van der Waals surface area contributed by atoms with Crippen LogP contribution in [0, 0.1) is 13.8 Å². The number of hydrogen-bond donors (Lipinski definition) is 0. The van der Waals surface area contributed by atoms with E-state index in [1.165, 1.54) is 10.9 Å². The molecule has 2 heteroatoms. The Hall–Kier alpha value is -1.63. The molecule has 1 heterocycles. The van der Waals surface area contributed by atoms with E-state index < -0.39 is 0 Å². The Kier molecular flexibility index (Phi) is 4.04. The van der Waals surface area contributed by atoms with E-state index in [1.807, 2.05) is 24.3 Å². The van der Waals surface area contributed by atoms with Crippen molar-refractivity contribution in [2.75, 3.05) is 0 Å². The standard InChI is InChI=1S/C17H14N.Ir/c1-12-6-3-4-8-14(12)17-11-10-15-13(2)7-5-9-16(15)18-17;/h3-11H,1H2,2H3;/q-1;. The van der Waals surface area contributed by atoms with Gasteiger partial charge in [-0.1, -0.05) is 24.3 Å². The molecule has 2 aromatic carbocycles. The third kappa shape index (κ3) is 2.56. The van der Waals surface area contributed by atoms with Gasteiger partial charge in [-0.3, -0.25) is 4.98 Å². The van der Waals surface area contributed by atoms with Crippen molar-refractivity contribution < 1.29 is 20.1 Å². The fourth-order valence-electron chi connectivity index (χ4n) is 2.23. The van der Waals surface area contributed by atoms with E-state index in [1.54, 1.807) is 0 Å². The Morgan fingerprint density at radius 1 is 0.895 bits per heavy atom. The Morgan fingerprint density at radius 2 is 1.68 bits per heavy atom. The zero-order valence-corrected chi connectivity index (χ0v) is 13.1. The third-order valence-corrected chi connectivity index (χ3v) is 3.24. The Bertz CT molecular complexity index is 719. The molecule has 1 aromatic heterocycles. The van der Waals surface area contributed by atoms with Gasteiger partial charge in [-0.25, -0.2) is 0 Å². The van der Waals surface area contributed by atoms with Gasteiger partial charge < -0.3 is 0 Å². The molecule has 97 valence electrons. The van der Waals surface area contributed by atoms with Crippen molar-refractivity contribution in [2.24, 2.45) is 0 Å². The molecular formula is C17H14IrN-. The summed E-state index contributed by atoms with van der Waals surface area (Å²) in [6.07, 6.45) is 0.